The molecule has 1 amide bonds. The van der Waals surface area contributed by atoms with Crippen LogP contribution in [0.5, 0.6) is 5.75 Å². The van der Waals surface area contributed by atoms with E-state index in [9.17, 15) is 19.8 Å². The maximum absolute atomic E-state index is 13.3. The molecule has 2 aliphatic heterocycles. The average Bonchev–Trinajstić information content (AvgIpc) is 2.96. The van der Waals surface area contributed by atoms with Gasteiger partial charge in [-0.05, 0) is 62.9 Å². The first kappa shape index (κ1) is 28.1. The molecule has 2 aromatic carbocycles. The van der Waals surface area contributed by atoms with Gasteiger partial charge in [0, 0.05) is 19.6 Å². The molecule has 1 spiro atoms. The molecule has 2 N–H and O–H groups in total. The molecule has 0 saturated carbocycles. The number of amides is 1. The van der Waals surface area contributed by atoms with E-state index in [0.717, 1.165) is 32.5 Å². The van der Waals surface area contributed by atoms with Crippen molar-refractivity contribution in [2.24, 2.45) is 5.41 Å². The van der Waals surface area contributed by atoms with Gasteiger partial charge >= 0.3 is 5.97 Å². The van der Waals surface area contributed by atoms with Crippen LogP contribution in [0.2, 0.25) is 0 Å². The van der Waals surface area contributed by atoms with Crippen LogP contribution in [-0.4, -0.2) is 83.5 Å². The summed E-state index contributed by atoms with van der Waals surface area (Å²) in [5.74, 6) is 0.173. The van der Waals surface area contributed by atoms with Crippen LogP contribution >= 0.6 is 0 Å². The van der Waals surface area contributed by atoms with E-state index in [1.165, 1.54) is 5.56 Å². The highest BCUT2D eigenvalue weighted by Crippen LogP contribution is 2.38. The van der Waals surface area contributed by atoms with Crippen molar-refractivity contribution in [3.05, 3.63) is 66.2 Å². The first-order valence-electron chi connectivity index (χ1n) is 13.7. The maximum atomic E-state index is 13.3. The maximum Gasteiger partial charge on any atom is 0.312 e. The number of rotatable bonds is 5. The molecule has 0 radical (unpaired) electrons. The van der Waals surface area contributed by atoms with Crippen LogP contribution in [0.15, 0.2) is 60.7 Å². The SMILES string of the molecule is O=C(COc1ccccc1)N1CCCCC2(CCN(Cc3ccccc3)CC2)C(=O)OC[C@@H](O)[C@@H](O)CC1. The predicted octanol–water partition coefficient (Wildman–Crippen LogP) is 3.02. The summed E-state index contributed by atoms with van der Waals surface area (Å²) in [6.07, 6.45) is 1.45. The van der Waals surface area contributed by atoms with Gasteiger partial charge in [0.2, 0.25) is 0 Å². The number of cyclic esters (lactones) is 1. The summed E-state index contributed by atoms with van der Waals surface area (Å²) >= 11 is 0. The topological polar surface area (TPSA) is 99.5 Å². The zero-order valence-corrected chi connectivity index (χ0v) is 22.0. The molecule has 8 heteroatoms. The molecule has 0 bridgehead atoms. The molecule has 2 atom stereocenters. The van der Waals surface area contributed by atoms with Crippen molar-refractivity contribution >= 4 is 11.9 Å². The number of nitrogens with zero attached hydrogens (tertiary/aromatic N) is 2. The average molecular weight is 525 g/mol. The van der Waals surface area contributed by atoms with Gasteiger partial charge in [0.1, 0.15) is 18.5 Å². The van der Waals surface area contributed by atoms with Gasteiger partial charge in [-0.25, -0.2) is 0 Å². The number of carbonyl (C=O) groups excluding carboxylic acids is 2. The molecular formula is C30H40N2O6. The number of hydrogen-bond donors (Lipinski definition) is 2. The molecule has 2 aliphatic rings. The van der Waals surface area contributed by atoms with E-state index in [2.05, 4.69) is 17.0 Å². The Morgan fingerprint density at radius 2 is 1.58 bits per heavy atom. The molecule has 2 fully saturated rings. The monoisotopic (exact) mass is 524 g/mol. The minimum Gasteiger partial charge on any atom is -0.484 e. The number of likely N-dealkylation sites (tertiary alicyclic amines) is 1. The first-order chi connectivity index (χ1) is 18.4. The molecule has 38 heavy (non-hydrogen) atoms. The van der Waals surface area contributed by atoms with Crippen molar-refractivity contribution < 1.29 is 29.3 Å². The number of aliphatic hydroxyl groups is 2. The van der Waals surface area contributed by atoms with E-state index in [1.54, 1.807) is 17.0 Å². The Morgan fingerprint density at radius 1 is 0.895 bits per heavy atom. The molecule has 2 aromatic rings. The lowest BCUT2D eigenvalue weighted by Gasteiger charge is -2.40. The number of esters is 1. The van der Waals surface area contributed by atoms with Crippen molar-refractivity contribution in [2.75, 3.05) is 39.4 Å². The molecule has 8 nitrogen and oxygen atoms in total. The van der Waals surface area contributed by atoms with E-state index in [-0.39, 0.29) is 31.5 Å². The Labute approximate surface area is 225 Å². The van der Waals surface area contributed by atoms with Gasteiger partial charge in [0.15, 0.2) is 6.61 Å². The fourth-order valence-electron chi connectivity index (χ4n) is 5.32. The lowest BCUT2D eigenvalue weighted by atomic mass is 9.74. The van der Waals surface area contributed by atoms with Crippen molar-refractivity contribution in [1.29, 1.82) is 0 Å². The summed E-state index contributed by atoms with van der Waals surface area (Å²) in [7, 11) is 0. The third-order valence-electron chi connectivity index (χ3n) is 7.81. The lowest BCUT2D eigenvalue weighted by Crippen LogP contribution is -2.45. The van der Waals surface area contributed by atoms with Crippen LogP contribution in [-0.2, 0) is 20.9 Å². The minimum absolute atomic E-state index is 0.0918. The highest BCUT2D eigenvalue weighted by atomic mass is 16.5. The van der Waals surface area contributed by atoms with Gasteiger partial charge in [-0.15, -0.1) is 0 Å². The molecule has 2 saturated heterocycles. The largest absolute Gasteiger partial charge is 0.484 e. The second-order valence-corrected chi connectivity index (χ2v) is 10.5. The summed E-state index contributed by atoms with van der Waals surface area (Å²) in [5, 5.41) is 20.9. The predicted molar refractivity (Wildman–Crippen MR) is 143 cm³/mol. The normalized spacial score (nSPS) is 23.5. The Morgan fingerprint density at radius 3 is 2.29 bits per heavy atom. The smallest absolute Gasteiger partial charge is 0.312 e. The number of benzene rings is 2. The summed E-state index contributed by atoms with van der Waals surface area (Å²) in [5.41, 5.74) is 0.635. The van der Waals surface area contributed by atoms with Gasteiger partial charge in [0.25, 0.3) is 5.91 Å². The number of piperidine rings is 1. The summed E-state index contributed by atoms with van der Waals surface area (Å²) in [4.78, 5) is 30.3. The fourth-order valence-corrected chi connectivity index (χ4v) is 5.32. The summed E-state index contributed by atoms with van der Waals surface area (Å²) < 4.78 is 11.2. The quantitative estimate of drug-likeness (QED) is 0.580. The van der Waals surface area contributed by atoms with E-state index >= 15 is 0 Å². The highest BCUT2D eigenvalue weighted by molar-refractivity contribution is 5.78. The van der Waals surface area contributed by atoms with Gasteiger partial charge in [0.05, 0.1) is 11.5 Å². The summed E-state index contributed by atoms with van der Waals surface area (Å²) in [6.45, 7) is 2.88. The fraction of sp³-hybridized carbons (Fsp3) is 0.533. The van der Waals surface area contributed by atoms with Crippen LogP contribution in [0, 0.1) is 5.41 Å². The zero-order valence-electron chi connectivity index (χ0n) is 22.0. The Hall–Kier alpha value is -2.94. The molecule has 0 unspecified atom stereocenters. The second-order valence-electron chi connectivity index (χ2n) is 10.5. The van der Waals surface area contributed by atoms with Crippen LogP contribution in [0.1, 0.15) is 44.1 Å². The molecule has 2 heterocycles. The second kappa shape index (κ2) is 13.7. The van der Waals surface area contributed by atoms with Crippen molar-refractivity contribution in [3.63, 3.8) is 0 Å². The van der Waals surface area contributed by atoms with Crippen molar-refractivity contribution in [3.8, 4) is 5.75 Å². The zero-order chi connectivity index (χ0) is 26.8. The molecular weight excluding hydrogens is 484 g/mol. The van der Waals surface area contributed by atoms with Crippen LogP contribution in [0.25, 0.3) is 0 Å². The molecule has 0 aliphatic carbocycles. The van der Waals surface area contributed by atoms with Crippen LogP contribution in [0.3, 0.4) is 0 Å². The van der Waals surface area contributed by atoms with Gasteiger partial charge < -0.3 is 24.6 Å². The van der Waals surface area contributed by atoms with E-state index in [0.29, 0.717) is 38.1 Å². The van der Waals surface area contributed by atoms with Gasteiger partial charge in [-0.3, -0.25) is 14.5 Å². The van der Waals surface area contributed by atoms with Crippen LogP contribution in [0.4, 0.5) is 0 Å². The Kier molecular flexibility index (Phi) is 10.1. The Balaban J connectivity index is 1.37. The third kappa shape index (κ3) is 7.79. The standard InChI is InChI=1S/C30H40N2O6/c33-26-13-18-32(28(35)23-37-25-11-5-2-6-12-25)17-8-7-14-30(29(36)38-22-27(26)34)15-19-31(20-16-30)21-24-9-3-1-4-10-24/h1-6,9-12,26-27,33-34H,7-8,13-23H2/t26-,27+/m0/s1. The van der Waals surface area contributed by atoms with Crippen molar-refractivity contribution in [1.82, 2.24) is 9.80 Å². The first-order valence-corrected chi connectivity index (χ1v) is 13.7. The van der Waals surface area contributed by atoms with E-state index < -0.39 is 17.6 Å². The number of para-hydroxylation sites is 1. The minimum atomic E-state index is -1.20. The van der Waals surface area contributed by atoms with Gasteiger partial charge in [-0.1, -0.05) is 55.0 Å². The van der Waals surface area contributed by atoms with Crippen molar-refractivity contribution in [2.45, 2.75) is 57.3 Å². The third-order valence-corrected chi connectivity index (χ3v) is 7.81. The van der Waals surface area contributed by atoms with Gasteiger partial charge in [-0.2, -0.15) is 0 Å². The summed E-state index contributed by atoms with van der Waals surface area (Å²) in [6, 6.07) is 19.5. The molecule has 0 aromatic heterocycles. The van der Waals surface area contributed by atoms with Crippen LogP contribution < -0.4 is 4.74 Å². The van der Waals surface area contributed by atoms with E-state index in [1.807, 2.05) is 36.4 Å². The number of carbonyl (C=O) groups is 2. The lowest BCUT2D eigenvalue weighted by molar-refractivity contribution is -0.165. The number of ether oxygens (including phenoxy) is 2. The number of aliphatic hydroxyl groups excluding tert-OH is 2. The highest BCUT2D eigenvalue weighted by Gasteiger charge is 2.42. The molecule has 4 rings (SSSR count). The number of hydrogen-bond acceptors (Lipinski definition) is 7. The molecule has 206 valence electrons. The Bertz CT molecular complexity index is 1010. The van der Waals surface area contributed by atoms with E-state index in [4.69, 9.17) is 9.47 Å².